The molecule has 0 atom stereocenters. The van der Waals surface area contributed by atoms with Crippen LogP contribution in [0.1, 0.15) is 5.89 Å². The Morgan fingerprint density at radius 3 is 3.00 bits per heavy atom. The lowest BCUT2D eigenvalue weighted by atomic mass is 10.1. The number of benzene rings is 1. The number of nitrogens with one attached hydrogen (secondary N) is 1. The van der Waals surface area contributed by atoms with E-state index in [0.717, 1.165) is 6.54 Å². The normalized spacial score (nSPS) is 10.6. The summed E-state index contributed by atoms with van der Waals surface area (Å²) < 4.78 is 5.50. The minimum atomic E-state index is -0.489. The van der Waals surface area contributed by atoms with Gasteiger partial charge in [-0.1, -0.05) is 11.6 Å². The summed E-state index contributed by atoms with van der Waals surface area (Å²) in [6.07, 6.45) is 2.11. The van der Waals surface area contributed by atoms with E-state index in [4.69, 9.17) is 16.0 Å². The Morgan fingerprint density at radius 1 is 1.53 bits per heavy atom. The topological polar surface area (TPSA) is 81.2 Å². The van der Waals surface area contributed by atoms with Crippen molar-refractivity contribution in [3.8, 4) is 11.3 Å². The maximum absolute atomic E-state index is 11.0. The van der Waals surface area contributed by atoms with Crippen LogP contribution in [0.4, 0.5) is 5.69 Å². The van der Waals surface area contributed by atoms with E-state index in [1.165, 1.54) is 12.3 Å². The van der Waals surface area contributed by atoms with Crippen LogP contribution in [-0.4, -0.2) is 23.5 Å². The minimum Gasteiger partial charge on any atom is -0.440 e. The lowest BCUT2D eigenvalue weighted by Gasteiger charge is -2.00. The number of hydrogen-bond donors (Lipinski definition) is 1. The van der Waals surface area contributed by atoms with E-state index in [-0.39, 0.29) is 5.69 Å². The molecule has 0 unspecified atom stereocenters. The molecule has 0 aliphatic rings. The summed E-state index contributed by atoms with van der Waals surface area (Å²) in [5, 5.41) is 14.3. The van der Waals surface area contributed by atoms with Gasteiger partial charge in [0.25, 0.3) is 5.69 Å². The number of nitrogens with zero attached hydrogens (tertiary/aromatic N) is 2. The molecule has 0 fully saturated rings. The van der Waals surface area contributed by atoms with Crippen molar-refractivity contribution in [2.45, 2.75) is 6.42 Å². The third kappa shape index (κ3) is 3.10. The first-order valence-corrected chi connectivity index (χ1v) is 6.03. The maximum Gasteiger partial charge on any atom is 0.281 e. The van der Waals surface area contributed by atoms with Crippen LogP contribution in [0, 0.1) is 10.1 Å². The Labute approximate surface area is 114 Å². The Bertz CT molecular complexity index is 598. The van der Waals surface area contributed by atoms with E-state index in [1.54, 1.807) is 12.1 Å². The molecule has 0 bridgehead atoms. The SMILES string of the molecule is CNCCc1ncc(-c2ccc(Cl)cc2[N+](=O)[O-])o1. The van der Waals surface area contributed by atoms with Gasteiger partial charge in [-0.05, 0) is 19.2 Å². The van der Waals surface area contributed by atoms with Crippen molar-refractivity contribution in [2.75, 3.05) is 13.6 Å². The number of halogens is 1. The van der Waals surface area contributed by atoms with Crippen LogP contribution in [0.5, 0.6) is 0 Å². The molecule has 0 saturated heterocycles. The lowest BCUT2D eigenvalue weighted by Crippen LogP contribution is -2.10. The molecule has 0 radical (unpaired) electrons. The van der Waals surface area contributed by atoms with Gasteiger partial charge in [-0.25, -0.2) is 4.98 Å². The molecule has 2 rings (SSSR count). The van der Waals surface area contributed by atoms with Crippen molar-refractivity contribution >= 4 is 17.3 Å². The lowest BCUT2D eigenvalue weighted by molar-refractivity contribution is -0.384. The minimum absolute atomic E-state index is 0.0937. The number of oxazole rings is 1. The van der Waals surface area contributed by atoms with Crippen molar-refractivity contribution in [1.29, 1.82) is 0 Å². The quantitative estimate of drug-likeness (QED) is 0.673. The van der Waals surface area contributed by atoms with Gasteiger partial charge in [-0.2, -0.15) is 0 Å². The average molecular weight is 282 g/mol. The van der Waals surface area contributed by atoms with Crippen LogP contribution in [0.2, 0.25) is 5.02 Å². The summed E-state index contributed by atoms with van der Waals surface area (Å²) in [6, 6.07) is 4.44. The fourth-order valence-corrected chi connectivity index (χ4v) is 1.81. The molecule has 0 saturated carbocycles. The fraction of sp³-hybridized carbons (Fsp3) is 0.250. The Hall–Kier alpha value is -1.92. The molecule has 1 heterocycles. The number of aromatic nitrogens is 1. The summed E-state index contributed by atoms with van der Waals surface area (Å²) in [5.74, 6) is 0.906. The molecule has 2 aromatic rings. The third-order valence-electron chi connectivity index (χ3n) is 2.56. The van der Waals surface area contributed by atoms with Gasteiger partial charge in [0.1, 0.15) is 0 Å². The zero-order chi connectivity index (χ0) is 13.8. The summed E-state index contributed by atoms with van der Waals surface area (Å²) in [7, 11) is 1.83. The highest BCUT2D eigenvalue weighted by Gasteiger charge is 2.19. The molecule has 100 valence electrons. The number of nitro groups is 1. The predicted molar refractivity (Wildman–Crippen MR) is 71.2 cm³/mol. The third-order valence-corrected chi connectivity index (χ3v) is 2.80. The highest BCUT2D eigenvalue weighted by Crippen LogP contribution is 2.32. The highest BCUT2D eigenvalue weighted by atomic mass is 35.5. The van der Waals surface area contributed by atoms with E-state index in [1.807, 2.05) is 7.05 Å². The largest absolute Gasteiger partial charge is 0.440 e. The van der Waals surface area contributed by atoms with Gasteiger partial charge in [0.05, 0.1) is 16.7 Å². The summed E-state index contributed by atoms with van der Waals surface area (Å²) >= 11 is 5.76. The zero-order valence-electron chi connectivity index (χ0n) is 10.2. The average Bonchev–Trinajstić information content (AvgIpc) is 2.84. The molecule has 0 aliphatic carbocycles. The van der Waals surface area contributed by atoms with E-state index in [2.05, 4.69) is 10.3 Å². The van der Waals surface area contributed by atoms with Gasteiger partial charge >= 0.3 is 0 Å². The number of rotatable bonds is 5. The highest BCUT2D eigenvalue weighted by molar-refractivity contribution is 6.30. The summed E-state index contributed by atoms with van der Waals surface area (Å²) in [6.45, 7) is 0.725. The van der Waals surface area contributed by atoms with Crippen molar-refractivity contribution in [1.82, 2.24) is 10.3 Å². The van der Waals surface area contributed by atoms with E-state index in [0.29, 0.717) is 28.7 Å². The molecular weight excluding hydrogens is 270 g/mol. The van der Waals surface area contributed by atoms with Crippen LogP contribution in [0.25, 0.3) is 11.3 Å². The monoisotopic (exact) mass is 281 g/mol. The van der Waals surface area contributed by atoms with E-state index < -0.39 is 4.92 Å². The van der Waals surface area contributed by atoms with Crippen LogP contribution in [0.3, 0.4) is 0 Å². The van der Waals surface area contributed by atoms with Crippen LogP contribution < -0.4 is 5.32 Å². The van der Waals surface area contributed by atoms with Crippen molar-refractivity contribution in [3.05, 3.63) is 45.4 Å². The molecule has 0 amide bonds. The van der Waals surface area contributed by atoms with Crippen molar-refractivity contribution in [2.24, 2.45) is 0 Å². The molecule has 6 nitrogen and oxygen atoms in total. The Morgan fingerprint density at radius 2 is 2.32 bits per heavy atom. The standard InChI is InChI=1S/C12H12ClN3O3/c1-14-5-4-12-15-7-11(19-12)9-3-2-8(13)6-10(9)16(17)18/h2-3,6-7,14H,4-5H2,1H3. The molecule has 19 heavy (non-hydrogen) atoms. The second kappa shape index (κ2) is 5.81. The van der Waals surface area contributed by atoms with Gasteiger partial charge < -0.3 is 9.73 Å². The molecular formula is C12H12ClN3O3. The predicted octanol–water partition coefficient (Wildman–Crippen LogP) is 2.67. The Kier molecular flexibility index (Phi) is 4.13. The van der Waals surface area contributed by atoms with Crippen LogP contribution in [-0.2, 0) is 6.42 Å². The summed E-state index contributed by atoms with van der Waals surface area (Å²) in [4.78, 5) is 14.6. The molecule has 1 aromatic heterocycles. The molecule has 0 aliphatic heterocycles. The van der Waals surface area contributed by atoms with Crippen molar-refractivity contribution in [3.63, 3.8) is 0 Å². The second-order valence-electron chi connectivity index (χ2n) is 3.89. The van der Waals surface area contributed by atoms with Crippen LogP contribution >= 0.6 is 11.6 Å². The van der Waals surface area contributed by atoms with Gasteiger partial charge in [0, 0.05) is 24.1 Å². The summed E-state index contributed by atoms with van der Waals surface area (Å²) in [5.41, 5.74) is 0.279. The maximum atomic E-state index is 11.0. The van der Waals surface area contributed by atoms with Crippen molar-refractivity contribution < 1.29 is 9.34 Å². The molecule has 0 spiro atoms. The smallest absolute Gasteiger partial charge is 0.281 e. The molecule has 1 N–H and O–H groups in total. The molecule has 7 heteroatoms. The Balaban J connectivity index is 2.36. The first kappa shape index (κ1) is 13.5. The van der Waals surface area contributed by atoms with E-state index >= 15 is 0 Å². The van der Waals surface area contributed by atoms with E-state index in [9.17, 15) is 10.1 Å². The number of nitro benzene ring substituents is 1. The number of hydrogen-bond acceptors (Lipinski definition) is 5. The van der Waals surface area contributed by atoms with Crippen LogP contribution in [0.15, 0.2) is 28.8 Å². The van der Waals surface area contributed by atoms with Gasteiger partial charge in [0.15, 0.2) is 11.7 Å². The zero-order valence-corrected chi connectivity index (χ0v) is 11.0. The molecule has 1 aromatic carbocycles. The second-order valence-corrected chi connectivity index (χ2v) is 4.33. The first-order valence-electron chi connectivity index (χ1n) is 5.65. The number of likely N-dealkylation sites (N-methyl/N-ethyl adjacent to an activating group) is 1. The van der Waals surface area contributed by atoms with Gasteiger partial charge in [0.2, 0.25) is 0 Å². The fourth-order valence-electron chi connectivity index (χ4n) is 1.65. The first-order chi connectivity index (χ1) is 9.11. The van der Waals surface area contributed by atoms with Gasteiger partial charge in [-0.15, -0.1) is 0 Å². The van der Waals surface area contributed by atoms with Gasteiger partial charge in [-0.3, -0.25) is 10.1 Å².